The molecule has 36 heavy (non-hydrogen) atoms. The number of benzene rings is 1. The highest BCUT2D eigenvalue weighted by Crippen LogP contribution is 2.47. The minimum absolute atomic E-state index is 0.114. The monoisotopic (exact) mass is 510 g/mol. The van der Waals surface area contributed by atoms with Gasteiger partial charge in [0.15, 0.2) is 12.1 Å². The minimum Gasteiger partial charge on any atom is -0.480 e. The zero-order valence-electron chi connectivity index (χ0n) is 20.7. The highest BCUT2D eigenvalue weighted by atomic mass is 19.4. The van der Waals surface area contributed by atoms with Crippen LogP contribution >= 0.6 is 0 Å². The molecule has 0 unspecified atom stereocenters. The summed E-state index contributed by atoms with van der Waals surface area (Å²) < 4.78 is 50.7. The summed E-state index contributed by atoms with van der Waals surface area (Å²) >= 11 is 0. The summed E-state index contributed by atoms with van der Waals surface area (Å²) in [6, 6.07) is 5.21. The van der Waals surface area contributed by atoms with E-state index in [1.807, 2.05) is 13.8 Å². The number of ether oxygens (including phenoxy) is 2. The summed E-state index contributed by atoms with van der Waals surface area (Å²) in [6.45, 7) is 4.19. The van der Waals surface area contributed by atoms with Crippen molar-refractivity contribution in [2.75, 3.05) is 13.7 Å². The Morgan fingerprint density at radius 2 is 2.08 bits per heavy atom. The Hall–Kier alpha value is -2.82. The van der Waals surface area contributed by atoms with Crippen molar-refractivity contribution in [1.29, 1.82) is 0 Å². The number of amides is 2. The van der Waals surface area contributed by atoms with Crippen molar-refractivity contribution in [2.24, 2.45) is 22.6 Å². The third-order valence-corrected chi connectivity index (χ3v) is 7.51. The van der Waals surface area contributed by atoms with Gasteiger partial charge in [-0.15, -0.1) is 0 Å². The quantitative estimate of drug-likeness (QED) is 0.558. The van der Waals surface area contributed by atoms with Gasteiger partial charge in [-0.25, -0.2) is 4.99 Å². The second kappa shape index (κ2) is 9.91. The van der Waals surface area contributed by atoms with Crippen molar-refractivity contribution in [1.82, 2.24) is 10.2 Å². The molecule has 6 atom stereocenters. The van der Waals surface area contributed by atoms with E-state index in [0.29, 0.717) is 31.4 Å². The first-order valence-corrected chi connectivity index (χ1v) is 12.3. The first-order valence-electron chi connectivity index (χ1n) is 12.3. The molecule has 0 radical (unpaired) electrons. The Bertz CT molecular complexity index is 1030. The zero-order chi connectivity index (χ0) is 26.3. The highest BCUT2D eigenvalue weighted by Gasteiger charge is 2.53. The van der Waals surface area contributed by atoms with Gasteiger partial charge in [0.1, 0.15) is 5.75 Å². The molecule has 1 aromatic rings. The Morgan fingerprint density at radius 1 is 1.36 bits per heavy atom. The number of aliphatic imine (C=N–C) groups is 1. The lowest BCUT2D eigenvalue weighted by Gasteiger charge is -2.39. The van der Waals surface area contributed by atoms with E-state index in [9.17, 15) is 22.8 Å². The fourth-order valence-corrected chi connectivity index (χ4v) is 5.22. The van der Waals surface area contributed by atoms with Crippen molar-refractivity contribution in [3.63, 3.8) is 0 Å². The summed E-state index contributed by atoms with van der Waals surface area (Å²) in [6.07, 6.45) is -5.12. The zero-order valence-corrected chi connectivity index (χ0v) is 20.7. The van der Waals surface area contributed by atoms with Crippen molar-refractivity contribution in [3.05, 3.63) is 29.8 Å². The largest absolute Gasteiger partial charge is 0.480 e. The fraction of sp³-hybridized carbons (Fsp3) is 0.640. The van der Waals surface area contributed by atoms with E-state index in [-0.39, 0.29) is 41.9 Å². The summed E-state index contributed by atoms with van der Waals surface area (Å²) in [5.74, 6) is -0.893. The molecule has 4 rings (SSSR count). The summed E-state index contributed by atoms with van der Waals surface area (Å²) in [7, 11) is 1.55. The molecule has 2 heterocycles. The predicted molar refractivity (Wildman–Crippen MR) is 126 cm³/mol. The van der Waals surface area contributed by atoms with E-state index in [0.717, 1.165) is 0 Å². The van der Waals surface area contributed by atoms with E-state index in [1.54, 1.807) is 25.3 Å². The third-order valence-electron chi connectivity index (χ3n) is 7.51. The van der Waals surface area contributed by atoms with Crippen molar-refractivity contribution < 1.29 is 32.2 Å². The van der Waals surface area contributed by atoms with Gasteiger partial charge in [0.05, 0.1) is 18.0 Å². The van der Waals surface area contributed by atoms with Crippen LogP contribution in [0.4, 0.5) is 13.2 Å². The van der Waals surface area contributed by atoms with Gasteiger partial charge in [0.25, 0.3) is 0 Å². The number of carbonyl (C=O) groups excluding carboxylic acids is 2. The van der Waals surface area contributed by atoms with Crippen LogP contribution in [0.25, 0.3) is 0 Å². The fourth-order valence-electron chi connectivity index (χ4n) is 5.22. The SMILES string of the molecule is CC[C@]1(C)CC(=O)N([C@@H](CCOC)[C@H]2C[C@@H]2C(=O)N[C@H]2C[C@H](C(F)(F)F)Oc3ccccc32)C(N)=N1. The molecule has 0 aromatic heterocycles. The van der Waals surface area contributed by atoms with Gasteiger partial charge in [-0.3, -0.25) is 14.5 Å². The Morgan fingerprint density at radius 3 is 2.72 bits per heavy atom. The van der Waals surface area contributed by atoms with Gasteiger partial charge in [0, 0.05) is 37.7 Å². The van der Waals surface area contributed by atoms with E-state index >= 15 is 0 Å². The first-order chi connectivity index (χ1) is 17.0. The molecule has 0 bridgehead atoms. The number of hydrogen-bond donors (Lipinski definition) is 2. The van der Waals surface area contributed by atoms with Crippen LogP contribution in [0.1, 0.15) is 57.6 Å². The molecule has 2 amide bonds. The number of halogens is 3. The van der Waals surface area contributed by atoms with Gasteiger partial charge >= 0.3 is 6.18 Å². The van der Waals surface area contributed by atoms with Crippen LogP contribution in [0.2, 0.25) is 0 Å². The number of nitrogens with zero attached hydrogens (tertiary/aromatic N) is 2. The average molecular weight is 511 g/mol. The topological polar surface area (TPSA) is 106 Å². The number of rotatable bonds is 8. The molecule has 1 aliphatic carbocycles. The van der Waals surface area contributed by atoms with E-state index < -0.39 is 36.2 Å². The number of nitrogens with one attached hydrogen (secondary N) is 1. The Labute approximate surface area is 208 Å². The van der Waals surface area contributed by atoms with Crippen LogP contribution in [-0.2, 0) is 14.3 Å². The normalized spacial score (nSPS) is 30.7. The molecule has 0 spiro atoms. The molecule has 11 heteroatoms. The molecule has 1 aromatic carbocycles. The smallest absolute Gasteiger partial charge is 0.425 e. The first kappa shape index (κ1) is 26.2. The number of alkyl halides is 3. The molecule has 3 aliphatic rings. The predicted octanol–water partition coefficient (Wildman–Crippen LogP) is 3.31. The van der Waals surface area contributed by atoms with Crippen LogP contribution in [0.5, 0.6) is 5.75 Å². The van der Waals surface area contributed by atoms with Gasteiger partial charge in [-0.2, -0.15) is 13.2 Å². The molecule has 1 saturated carbocycles. The minimum atomic E-state index is -4.55. The highest BCUT2D eigenvalue weighted by molar-refractivity contribution is 5.99. The molecule has 2 aliphatic heterocycles. The maximum Gasteiger partial charge on any atom is 0.425 e. The molecule has 198 valence electrons. The lowest BCUT2D eigenvalue weighted by Crippen LogP contribution is -2.56. The van der Waals surface area contributed by atoms with Crippen LogP contribution in [0.15, 0.2) is 29.3 Å². The average Bonchev–Trinajstić information content (AvgIpc) is 3.61. The van der Waals surface area contributed by atoms with Gasteiger partial charge in [-0.1, -0.05) is 25.1 Å². The Kier molecular flexibility index (Phi) is 7.23. The van der Waals surface area contributed by atoms with E-state index in [1.165, 1.54) is 11.0 Å². The van der Waals surface area contributed by atoms with Crippen LogP contribution in [0, 0.1) is 11.8 Å². The number of carbonyl (C=O) groups is 2. The molecule has 0 saturated heterocycles. The van der Waals surface area contributed by atoms with Crippen molar-refractivity contribution in [2.45, 2.75) is 75.9 Å². The number of nitrogens with two attached hydrogens (primary N) is 1. The van der Waals surface area contributed by atoms with Gasteiger partial charge in [-0.05, 0) is 38.2 Å². The summed E-state index contributed by atoms with van der Waals surface area (Å²) in [5, 5.41) is 2.81. The second-order valence-electron chi connectivity index (χ2n) is 10.1. The van der Waals surface area contributed by atoms with Crippen LogP contribution in [-0.4, -0.2) is 60.3 Å². The summed E-state index contributed by atoms with van der Waals surface area (Å²) in [5.41, 5.74) is 6.19. The van der Waals surface area contributed by atoms with Gasteiger partial charge < -0.3 is 20.5 Å². The van der Waals surface area contributed by atoms with E-state index in [4.69, 9.17) is 15.2 Å². The van der Waals surface area contributed by atoms with Crippen LogP contribution in [0.3, 0.4) is 0 Å². The van der Waals surface area contributed by atoms with Gasteiger partial charge in [0.2, 0.25) is 11.8 Å². The lowest BCUT2D eigenvalue weighted by atomic mass is 9.92. The number of guanidine groups is 1. The maximum absolute atomic E-state index is 13.5. The van der Waals surface area contributed by atoms with Crippen LogP contribution < -0.4 is 15.8 Å². The maximum atomic E-state index is 13.5. The standard InChI is InChI=1S/C25H33F3N4O4/c1-4-24(2)13-21(33)32(23(29)31-24)18(9-10-35-3)15-11-16(15)22(34)30-17-12-20(25(26,27)28)36-19-8-6-5-7-14(17)19/h5-8,15-18,20H,4,9-13H2,1-3H3,(H2,29,31)(H,30,34)/t15-,16-,17-,18-,20+,24+/m0/s1. The number of fused-ring (bicyclic) bond motifs is 1. The summed E-state index contributed by atoms with van der Waals surface area (Å²) in [4.78, 5) is 32.3. The number of para-hydroxylation sites is 1. The van der Waals surface area contributed by atoms with Crippen molar-refractivity contribution >= 4 is 17.8 Å². The molecular weight excluding hydrogens is 477 g/mol. The van der Waals surface area contributed by atoms with E-state index in [2.05, 4.69) is 10.3 Å². The second-order valence-corrected chi connectivity index (χ2v) is 10.1. The third kappa shape index (κ3) is 5.30. The van der Waals surface area contributed by atoms with Crippen molar-refractivity contribution in [3.8, 4) is 5.75 Å². The number of methoxy groups -OCH3 is 1. The number of hydrogen-bond acceptors (Lipinski definition) is 6. The molecule has 3 N–H and O–H groups in total. The molecular formula is C25H33F3N4O4. The Balaban J connectivity index is 1.50. The molecule has 1 fully saturated rings. The molecule has 8 nitrogen and oxygen atoms in total. The lowest BCUT2D eigenvalue weighted by molar-refractivity contribution is -0.201.